The number of hydrogen-bond donors (Lipinski definition) is 0. The number of ketones is 1. The predicted molar refractivity (Wildman–Crippen MR) is 52.1 cm³/mol. The summed E-state index contributed by atoms with van der Waals surface area (Å²) in [6.07, 6.45) is 0.551. The van der Waals surface area contributed by atoms with Crippen molar-refractivity contribution in [1.29, 1.82) is 0 Å². The summed E-state index contributed by atoms with van der Waals surface area (Å²) in [4.78, 5) is 11.5. The molecule has 1 aromatic carbocycles. The smallest absolute Gasteiger partial charge is 0.164 e. The maximum Gasteiger partial charge on any atom is 0.164 e. The number of hydrogen-bond acceptors (Lipinski definition) is 1. The fourth-order valence-electron chi connectivity index (χ4n) is 1.43. The van der Waals surface area contributed by atoms with Gasteiger partial charge in [0.1, 0.15) is 0 Å². The minimum absolute atomic E-state index is 0.152. The minimum Gasteiger partial charge on any atom is -0.294 e. The van der Waals surface area contributed by atoms with Crippen LogP contribution in [0.5, 0.6) is 0 Å². The molecule has 0 saturated heterocycles. The van der Waals surface area contributed by atoms with Gasteiger partial charge < -0.3 is 0 Å². The molecule has 2 rings (SSSR count). The Balaban J connectivity index is 2.60. The molecule has 12 heavy (non-hydrogen) atoms. The molecule has 3 heteroatoms. The van der Waals surface area contributed by atoms with E-state index in [0.29, 0.717) is 11.4 Å². The number of benzene rings is 1. The summed E-state index contributed by atoms with van der Waals surface area (Å²) >= 11 is 9.24. The van der Waals surface area contributed by atoms with Crippen LogP contribution in [-0.2, 0) is 0 Å². The second-order valence-electron chi connectivity index (χ2n) is 2.83. The fraction of sp³-hybridized carbons (Fsp3) is 0.222. The zero-order chi connectivity index (χ0) is 8.72. The first-order valence-corrected chi connectivity index (χ1v) is 4.94. The van der Waals surface area contributed by atoms with Crippen molar-refractivity contribution < 1.29 is 4.79 Å². The predicted octanol–water partition coefficient (Wildman–Crippen LogP) is 3.36. The van der Waals surface area contributed by atoms with Crippen molar-refractivity contribution in [3.8, 4) is 0 Å². The zero-order valence-electron chi connectivity index (χ0n) is 6.18. The molecule has 0 aromatic heterocycles. The van der Waals surface area contributed by atoms with Crippen molar-refractivity contribution in [3.63, 3.8) is 0 Å². The van der Waals surface area contributed by atoms with Crippen molar-refractivity contribution >= 4 is 33.3 Å². The van der Waals surface area contributed by atoms with E-state index in [1.54, 1.807) is 12.1 Å². The fourth-order valence-corrected chi connectivity index (χ4v) is 2.28. The van der Waals surface area contributed by atoms with Gasteiger partial charge in [0.25, 0.3) is 0 Å². The Bertz CT molecular complexity index is 348. The molecule has 1 aliphatic rings. The Morgan fingerprint density at radius 2 is 2.25 bits per heavy atom. The third kappa shape index (κ3) is 1.19. The minimum atomic E-state index is 0.152. The average Bonchev–Trinajstić information content (AvgIpc) is 2.28. The first kappa shape index (κ1) is 8.27. The number of alkyl halides is 1. The van der Waals surface area contributed by atoms with Gasteiger partial charge in [0.15, 0.2) is 5.78 Å². The second kappa shape index (κ2) is 2.86. The molecule has 62 valence electrons. The van der Waals surface area contributed by atoms with E-state index in [-0.39, 0.29) is 10.6 Å². The topological polar surface area (TPSA) is 17.1 Å². The highest BCUT2D eigenvalue weighted by molar-refractivity contribution is 9.09. The van der Waals surface area contributed by atoms with Crippen LogP contribution in [-0.4, -0.2) is 5.78 Å². The summed E-state index contributed by atoms with van der Waals surface area (Å²) < 4.78 is 0. The van der Waals surface area contributed by atoms with Crippen LogP contribution in [0.15, 0.2) is 18.2 Å². The monoisotopic (exact) mass is 244 g/mol. The Morgan fingerprint density at radius 1 is 1.50 bits per heavy atom. The molecule has 0 N–H and O–H groups in total. The van der Waals surface area contributed by atoms with Crippen molar-refractivity contribution in [2.75, 3.05) is 0 Å². The Labute approximate surface area is 83.9 Å². The molecular weight excluding hydrogens is 239 g/mol. The van der Waals surface area contributed by atoms with Crippen LogP contribution in [0.25, 0.3) is 0 Å². The Hall–Kier alpha value is -0.340. The van der Waals surface area contributed by atoms with Gasteiger partial charge in [-0.2, -0.15) is 0 Å². The molecule has 0 aliphatic heterocycles. The number of Topliss-reactive ketones (excluding diaryl/α,β-unsaturated/α-hetero) is 1. The van der Waals surface area contributed by atoms with E-state index in [4.69, 9.17) is 11.6 Å². The van der Waals surface area contributed by atoms with Crippen LogP contribution in [0.4, 0.5) is 0 Å². The molecule has 0 heterocycles. The largest absolute Gasteiger partial charge is 0.294 e. The van der Waals surface area contributed by atoms with Crippen molar-refractivity contribution in [2.24, 2.45) is 0 Å². The van der Waals surface area contributed by atoms with Gasteiger partial charge in [0.05, 0.1) is 0 Å². The molecule has 0 radical (unpaired) electrons. The maximum atomic E-state index is 11.3. The lowest BCUT2D eigenvalue weighted by atomic mass is 10.1. The Kier molecular flexibility index (Phi) is 1.97. The van der Waals surface area contributed by atoms with E-state index >= 15 is 0 Å². The highest BCUT2D eigenvalue weighted by Crippen LogP contribution is 2.38. The lowest BCUT2D eigenvalue weighted by Crippen LogP contribution is -1.89. The summed E-state index contributed by atoms with van der Waals surface area (Å²) in [7, 11) is 0. The molecule has 0 fully saturated rings. The quantitative estimate of drug-likeness (QED) is 0.641. The summed E-state index contributed by atoms with van der Waals surface area (Å²) in [6, 6.07) is 5.39. The number of carbonyl (C=O) groups is 1. The van der Waals surface area contributed by atoms with Crippen LogP contribution >= 0.6 is 27.5 Å². The first-order valence-electron chi connectivity index (χ1n) is 3.65. The average molecular weight is 246 g/mol. The maximum absolute atomic E-state index is 11.3. The summed E-state index contributed by atoms with van der Waals surface area (Å²) in [5, 5.41) is 0.688. The number of rotatable bonds is 0. The van der Waals surface area contributed by atoms with Gasteiger partial charge in [0.2, 0.25) is 0 Å². The number of carbonyl (C=O) groups excluding carboxylic acids is 1. The van der Waals surface area contributed by atoms with Crippen molar-refractivity contribution in [3.05, 3.63) is 34.3 Å². The van der Waals surface area contributed by atoms with E-state index < -0.39 is 0 Å². The van der Waals surface area contributed by atoms with E-state index in [0.717, 1.165) is 11.1 Å². The van der Waals surface area contributed by atoms with Crippen LogP contribution in [0, 0.1) is 0 Å². The highest BCUT2D eigenvalue weighted by atomic mass is 79.9. The molecular formula is C9H6BrClO. The van der Waals surface area contributed by atoms with Crippen LogP contribution in [0.1, 0.15) is 27.2 Å². The molecule has 0 bridgehead atoms. The summed E-state index contributed by atoms with van der Waals surface area (Å²) in [5.41, 5.74) is 1.83. The van der Waals surface area contributed by atoms with Gasteiger partial charge in [-0.1, -0.05) is 27.5 Å². The normalized spacial score (nSPS) is 21.2. The molecule has 1 nitrogen and oxygen atoms in total. The van der Waals surface area contributed by atoms with Gasteiger partial charge in [-0.3, -0.25) is 4.79 Å². The van der Waals surface area contributed by atoms with Gasteiger partial charge in [0, 0.05) is 21.8 Å². The Morgan fingerprint density at radius 3 is 3.00 bits per heavy atom. The van der Waals surface area contributed by atoms with Crippen molar-refractivity contribution in [2.45, 2.75) is 11.2 Å². The molecule has 0 amide bonds. The molecule has 1 atom stereocenters. The molecule has 1 unspecified atom stereocenters. The lowest BCUT2D eigenvalue weighted by molar-refractivity contribution is 0.0994. The molecule has 1 aromatic rings. The molecule has 0 spiro atoms. The summed E-state index contributed by atoms with van der Waals surface area (Å²) in [5.74, 6) is 0.198. The SMILES string of the molecule is O=C1CC(Br)c2cc(Cl)ccc21. The molecule has 1 aliphatic carbocycles. The number of halogens is 2. The van der Waals surface area contributed by atoms with Crippen LogP contribution < -0.4 is 0 Å². The third-order valence-corrected chi connectivity index (χ3v) is 3.07. The number of fused-ring (bicyclic) bond motifs is 1. The van der Waals surface area contributed by atoms with Gasteiger partial charge in [-0.15, -0.1) is 0 Å². The molecule has 0 saturated carbocycles. The van der Waals surface area contributed by atoms with Crippen LogP contribution in [0.2, 0.25) is 5.02 Å². The third-order valence-electron chi connectivity index (χ3n) is 2.02. The zero-order valence-corrected chi connectivity index (χ0v) is 8.52. The first-order chi connectivity index (χ1) is 5.68. The standard InChI is InChI=1S/C9H6BrClO/c10-8-4-9(12)6-2-1-5(11)3-7(6)8/h1-3,8H,4H2. The van der Waals surface area contributed by atoms with E-state index in [1.165, 1.54) is 0 Å². The second-order valence-corrected chi connectivity index (χ2v) is 4.37. The van der Waals surface area contributed by atoms with E-state index in [9.17, 15) is 4.79 Å². The van der Waals surface area contributed by atoms with E-state index in [1.807, 2.05) is 6.07 Å². The highest BCUT2D eigenvalue weighted by Gasteiger charge is 2.26. The van der Waals surface area contributed by atoms with Crippen molar-refractivity contribution in [1.82, 2.24) is 0 Å². The lowest BCUT2D eigenvalue weighted by Gasteiger charge is -2.00. The van der Waals surface area contributed by atoms with E-state index in [2.05, 4.69) is 15.9 Å². The van der Waals surface area contributed by atoms with Crippen LogP contribution in [0.3, 0.4) is 0 Å². The summed E-state index contributed by atoms with van der Waals surface area (Å²) in [6.45, 7) is 0. The van der Waals surface area contributed by atoms with Gasteiger partial charge >= 0.3 is 0 Å². The van der Waals surface area contributed by atoms with Gasteiger partial charge in [-0.25, -0.2) is 0 Å². The van der Waals surface area contributed by atoms with Gasteiger partial charge in [-0.05, 0) is 23.8 Å².